The number of carbonyl (C=O) groups excluding carboxylic acids is 1. The number of thioether (sulfide) groups is 1. The van der Waals surface area contributed by atoms with Gasteiger partial charge >= 0.3 is 0 Å². The van der Waals surface area contributed by atoms with Gasteiger partial charge in [0.15, 0.2) is 0 Å². The van der Waals surface area contributed by atoms with Crippen LogP contribution in [0.4, 0.5) is 5.69 Å². The minimum absolute atomic E-state index is 0.0266. The molecule has 0 heterocycles. The van der Waals surface area contributed by atoms with Crippen molar-refractivity contribution in [2.24, 2.45) is 0 Å². The zero-order valence-electron chi connectivity index (χ0n) is 12.4. The zero-order chi connectivity index (χ0) is 14.5. The van der Waals surface area contributed by atoms with Gasteiger partial charge in [0.05, 0.1) is 12.8 Å². The van der Waals surface area contributed by atoms with Crippen LogP contribution in [0.1, 0.15) is 32.8 Å². The Labute approximate surface area is 120 Å². The molecule has 4 heteroatoms. The number of nitrogens with one attached hydrogen (secondary N) is 1. The molecular formula is C15H23NO2S. The van der Waals surface area contributed by atoms with Gasteiger partial charge in [0.1, 0.15) is 5.75 Å². The zero-order valence-corrected chi connectivity index (χ0v) is 13.2. The van der Waals surface area contributed by atoms with Gasteiger partial charge in [-0.2, -0.15) is 11.8 Å². The molecule has 0 aliphatic carbocycles. The van der Waals surface area contributed by atoms with Crippen LogP contribution < -0.4 is 10.1 Å². The van der Waals surface area contributed by atoms with Crippen molar-refractivity contribution in [2.45, 2.75) is 32.6 Å². The lowest BCUT2D eigenvalue weighted by Crippen LogP contribution is -2.15. The Balaban J connectivity index is 2.93. The van der Waals surface area contributed by atoms with Crippen LogP contribution in [0.15, 0.2) is 18.2 Å². The van der Waals surface area contributed by atoms with Crippen LogP contribution in [-0.2, 0) is 10.2 Å². The van der Waals surface area contributed by atoms with E-state index in [1.807, 2.05) is 24.5 Å². The number of hydrogen-bond acceptors (Lipinski definition) is 3. The van der Waals surface area contributed by atoms with Crippen LogP contribution in [0.3, 0.4) is 0 Å². The SMILES string of the molecule is COc1ccc(C(C)(C)C)cc1NC(=O)CCSC. The van der Waals surface area contributed by atoms with Gasteiger partial charge in [-0.3, -0.25) is 4.79 Å². The number of carbonyl (C=O) groups is 1. The first-order chi connectivity index (χ1) is 8.88. The van der Waals surface area contributed by atoms with Crippen molar-refractivity contribution in [2.75, 3.05) is 24.4 Å². The smallest absolute Gasteiger partial charge is 0.225 e. The topological polar surface area (TPSA) is 38.3 Å². The number of amides is 1. The average Bonchev–Trinajstić information content (AvgIpc) is 2.35. The van der Waals surface area contributed by atoms with E-state index >= 15 is 0 Å². The van der Waals surface area contributed by atoms with Gasteiger partial charge in [-0.25, -0.2) is 0 Å². The fourth-order valence-corrected chi connectivity index (χ4v) is 2.07. The fourth-order valence-electron chi connectivity index (χ4n) is 1.68. The molecule has 1 aromatic carbocycles. The highest BCUT2D eigenvalue weighted by Gasteiger charge is 2.16. The predicted octanol–water partition coefficient (Wildman–Crippen LogP) is 3.68. The quantitative estimate of drug-likeness (QED) is 0.894. The molecule has 0 unspecified atom stereocenters. The van der Waals surface area contributed by atoms with Crippen LogP contribution in [0.2, 0.25) is 0 Å². The van der Waals surface area contributed by atoms with Crippen LogP contribution >= 0.6 is 11.8 Å². The van der Waals surface area contributed by atoms with Gasteiger partial charge in [-0.05, 0) is 29.4 Å². The summed E-state index contributed by atoms with van der Waals surface area (Å²) >= 11 is 1.67. The maximum absolute atomic E-state index is 11.8. The average molecular weight is 281 g/mol. The van der Waals surface area contributed by atoms with Gasteiger partial charge in [-0.1, -0.05) is 26.8 Å². The molecule has 0 saturated carbocycles. The Morgan fingerprint density at radius 3 is 2.58 bits per heavy atom. The lowest BCUT2D eigenvalue weighted by Gasteiger charge is -2.21. The highest BCUT2D eigenvalue weighted by molar-refractivity contribution is 7.98. The molecule has 0 bridgehead atoms. The summed E-state index contributed by atoms with van der Waals surface area (Å²) in [5.41, 5.74) is 1.97. The summed E-state index contributed by atoms with van der Waals surface area (Å²) in [5, 5.41) is 2.93. The standard InChI is InChI=1S/C15H23NO2S/c1-15(2,3)11-6-7-13(18-4)12(10-11)16-14(17)8-9-19-5/h6-7,10H,8-9H2,1-5H3,(H,16,17). The second kappa shape index (κ2) is 6.85. The molecule has 106 valence electrons. The summed E-state index contributed by atoms with van der Waals surface area (Å²) < 4.78 is 5.30. The van der Waals surface area contributed by atoms with Crippen molar-refractivity contribution in [1.29, 1.82) is 0 Å². The van der Waals surface area contributed by atoms with Crippen molar-refractivity contribution in [3.8, 4) is 5.75 Å². The van der Waals surface area contributed by atoms with Crippen molar-refractivity contribution in [1.82, 2.24) is 0 Å². The molecule has 19 heavy (non-hydrogen) atoms. The summed E-state index contributed by atoms with van der Waals surface area (Å²) in [6, 6.07) is 5.94. The van der Waals surface area contributed by atoms with Crippen LogP contribution in [0, 0.1) is 0 Å². The Hall–Kier alpha value is -1.16. The molecule has 0 atom stereocenters. The van der Waals surface area contributed by atoms with Crippen molar-refractivity contribution >= 4 is 23.4 Å². The molecule has 0 saturated heterocycles. The minimum atomic E-state index is 0.0266. The lowest BCUT2D eigenvalue weighted by atomic mass is 9.87. The number of rotatable bonds is 5. The predicted molar refractivity (Wildman–Crippen MR) is 83.3 cm³/mol. The van der Waals surface area contributed by atoms with E-state index in [0.717, 1.165) is 11.4 Å². The van der Waals surface area contributed by atoms with Gasteiger partial charge in [0.25, 0.3) is 0 Å². The molecule has 3 nitrogen and oxygen atoms in total. The van der Waals surface area contributed by atoms with E-state index in [2.05, 4.69) is 26.1 Å². The highest BCUT2D eigenvalue weighted by Crippen LogP contribution is 2.31. The van der Waals surface area contributed by atoms with Crippen molar-refractivity contribution in [3.05, 3.63) is 23.8 Å². The van der Waals surface area contributed by atoms with E-state index < -0.39 is 0 Å². The normalized spacial score (nSPS) is 11.2. The van der Waals surface area contributed by atoms with E-state index in [9.17, 15) is 4.79 Å². The molecule has 0 aliphatic rings. The maximum Gasteiger partial charge on any atom is 0.225 e. The first kappa shape index (κ1) is 15.9. The number of benzene rings is 1. The Morgan fingerprint density at radius 2 is 2.05 bits per heavy atom. The third kappa shape index (κ3) is 4.78. The van der Waals surface area contributed by atoms with E-state index in [-0.39, 0.29) is 11.3 Å². The number of methoxy groups -OCH3 is 1. The third-order valence-electron chi connectivity index (χ3n) is 2.87. The summed E-state index contributed by atoms with van der Waals surface area (Å²) in [7, 11) is 1.61. The first-order valence-corrected chi connectivity index (χ1v) is 7.75. The van der Waals surface area contributed by atoms with Crippen LogP contribution in [0.25, 0.3) is 0 Å². The van der Waals surface area contributed by atoms with Gasteiger partial charge < -0.3 is 10.1 Å². The van der Waals surface area contributed by atoms with Gasteiger partial charge in [-0.15, -0.1) is 0 Å². The van der Waals surface area contributed by atoms with Crippen LogP contribution in [0.5, 0.6) is 5.75 Å². The van der Waals surface area contributed by atoms with Gasteiger partial charge in [0.2, 0.25) is 5.91 Å². The van der Waals surface area contributed by atoms with E-state index in [4.69, 9.17) is 4.74 Å². The van der Waals surface area contributed by atoms with E-state index in [1.165, 1.54) is 5.56 Å². The Kier molecular flexibility index (Phi) is 5.73. The molecule has 0 radical (unpaired) electrons. The largest absolute Gasteiger partial charge is 0.495 e. The molecule has 0 fully saturated rings. The lowest BCUT2D eigenvalue weighted by molar-refractivity contribution is -0.115. The van der Waals surface area contributed by atoms with Crippen LogP contribution in [-0.4, -0.2) is 25.0 Å². The molecule has 1 N–H and O–H groups in total. The summed E-state index contributed by atoms with van der Waals surface area (Å²) in [4.78, 5) is 11.8. The van der Waals surface area contributed by atoms with Gasteiger partial charge in [0, 0.05) is 12.2 Å². The molecule has 0 spiro atoms. The maximum atomic E-state index is 11.8. The van der Waals surface area contributed by atoms with E-state index in [1.54, 1.807) is 18.9 Å². The fraction of sp³-hybridized carbons (Fsp3) is 0.533. The molecule has 1 aromatic rings. The summed E-state index contributed by atoms with van der Waals surface area (Å²) in [6.07, 6.45) is 2.51. The molecular weight excluding hydrogens is 258 g/mol. The van der Waals surface area contributed by atoms with Crippen molar-refractivity contribution < 1.29 is 9.53 Å². The summed E-state index contributed by atoms with van der Waals surface area (Å²) in [6.45, 7) is 6.44. The highest BCUT2D eigenvalue weighted by atomic mass is 32.2. The third-order valence-corrected chi connectivity index (χ3v) is 3.49. The Bertz CT molecular complexity index is 438. The minimum Gasteiger partial charge on any atom is -0.495 e. The summed E-state index contributed by atoms with van der Waals surface area (Å²) in [5.74, 6) is 1.55. The number of hydrogen-bond donors (Lipinski definition) is 1. The number of ether oxygens (including phenoxy) is 1. The second-order valence-electron chi connectivity index (χ2n) is 5.46. The Morgan fingerprint density at radius 1 is 1.37 bits per heavy atom. The molecule has 1 amide bonds. The van der Waals surface area contributed by atoms with Crippen molar-refractivity contribution in [3.63, 3.8) is 0 Å². The second-order valence-corrected chi connectivity index (χ2v) is 6.44. The molecule has 1 rings (SSSR count). The molecule has 0 aromatic heterocycles. The van der Waals surface area contributed by atoms with E-state index in [0.29, 0.717) is 12.2 Å². The first-order valence-electron chi connectivity index (χ1n) is 6.36. The monoisotopic (exact) mass is 281 g/mol. The molecule has 0 aliphatic heterocycles. The number of anilines is 1.